The van der Waals surface area contributed by atoms with Crippen molar-refractivity contribution >= 4 is 17.4 Å². The summed E-state index contributed by atoms with van der Waals surface area (Å²) >= 11 is 5.86. The van der Waals surface area contributed by atoms with Crippen LogP contribution in [0.2, 0.25) is 5.02 Å². The molecule has 0 aliphatic heterocycles. The standard InChI is InChI=1S/C14H12ClNO2/c1-2-14(17)13-7-6-12(9-16-13)18-11-5-3-4-10(15)8-11/h3-9H,2H2,1H3. The Hall–Kier alpha value is -1.87. The van der Waals surface area contributed by atoms with Crippen LogP contribution in [0, 0.1) is 0 Å². The van der Waals surface area contributed by atoms with Crippen LogP contribution in [-0.2, 0) is 0 Å². The van der Waals surface area contributed by atoms with Gasteiger partial charge in [0.15, 0.2) is 5.78 Å². The van der Waals surface area contributed by atoms with Crippen molar-refractivity contribution in [2.75, 3.05) is 0 Å². The molecule has 0 saturated heterocycles. The Kier molecular flexibility index (Phi) is 3.95. The second-order valence-electron chi connectivity index (χ2n) is 3.72. The van der Waals surface area contributed by atoms with E-state index < -0.39 is 0 Å². The molecule has 0 unspecified atom stereocenters. The first-order valence-electron chi connectivity index (χ1n) is 5.61. The number of Topliss-reactive ketones (excluding diaryl/α,β-unsaturated/α-hetero) is 1. The molecular formula is C14H12ClNO2. The van der Waals surface area contributed by atoms with E-state index >= 15 is 0 Å². The molecule has 1 aromatic heterocycles. The van der Waals surface area contributed by atoms with Crippen LogP contribution in [0.4, 0.5) is 0 Å². The summed E-state index contributed by atoms with van der Waals surface area (Å²) in [5.74, 6) is 1.23. The van der Waals surface area contributed by atoms with E-state index in [1.165, 1.54) is 6.20 Å². The monoisotopic (exact) mass is 261 g/mol. The highest BCUT2D eigenvalue weighted by Gasteiger charge is 2.05. The molecule has 3 nitrogen and oxygen atoms in total. The highest BCUT2D eigenvalue weighted by molar-refractivity contribution is 6.30. The summed E-state index contributed by atoms with van der Waals surface area (Å²) in [5.41, 5.74) is 0.455. The van der Waals surface area contributed by atoms with Crippen molar-refractivity contribution in [1.29, 1.82) is 0 Å². The van der Waals surface area contributed by atoms with Gasteiger partial charge < -0.3 is 4.74 Å². The van der Waals surface area contributed by atoms with Gasteiger partial charge in [0, 0.05) is 11.4 Å². The lowest BCUT2D eigenvalue weighted by molar-refractivity contribution is 0.0983. The van der Waals surface area contributed by atoms with Crippen molar-refractivity contribution in [3.63, 3.8) is 0 Å². The Morgan fingerprint density at radius 2 is 2.11 bits per heavy atom. The van der Waals surface area contributed by atoms with Gasteiger partial charge in [-0.2, -0.15) is 0 Å². The number of hydrogen-bond donors (Lipinski definition) is 0. The van der Waals surface area contributed by atoms with Gasteiger partial charge in [-0.25, -0.2) is 4.98 Å². The van der Waals surface area contributed by atoms with Crippen LogP contribution in [0.25, 0.3) is 0 Å². The molecule has 4 heteroatoms. The third-order valence-electron chi connectivity index (χ3n) is 2.37. The lowest BCUT2D eigenvalue weighted by Gasteiger charge is -2.05. The van der Waals surface area contributed by atoms with Crippen molar-refractivity contribution in [2.24, 2.45) is 0 Å². The minimum Gasteiger partial charge on any atom is -0.456 e. The second kappa shape index (κ2) is 5.65. The molecule has 0 bridgehead atoms. The normalized spacial score (nSPS) is 10.1. The lowest BCUT2D eigenvalue weighted by atomic mass is 10.2. The number of hydrogen-bond acceptors (Lipinski definition) is 3. The van der Waals surface area contributed by atoms with E-state index in [2.05, 4.69) is 4.98 Å². The van der Waals surface area contributed by atoms with Crippen LogP contribution >= 0.6 is 11.6 Å². The molecule has 92 valence electrons. The molecule has 0 atom stereocenters. The molecule has 18 heavy (non-hydrogen) atoms. The van der Waals surface area contributed by atoms with Crippen LogP contribution in [0.15, 0.2) is 42.6 Å². The smallest absolute Gasteiger partial charge is 0.180 e. The third-order valence-corrected chi connectivity index (χ3v) is 2.61. The molecule has 0 aliphatic rings. The molecule has 2 aromatic rings. The maximum Gasteiger partial charge on any atom is 0.180 e. The quantitative estimate of drug-likeness (QED) is 0.777. The van der Waals surface area contributed by atoms with Gasteiger partial charge in [0.25, 0.3) is 0 Å². The van der Waals surface area contributed by atoms with E-state index in [0.29, 0.717) is 28.6 Å². The maximum absolute atomic E-state index is 11.4. The van der Waals surface area contributed by atoms with Gasteiger partial charge in [-0.05, 0) is 30.3 Å². The number of carbonyl (C=O) groups is 1. The summed E-state index contributed by atoms with van der Waals surface area (Å²) in [5, 5.41) is 0.609. The Bertz CT molecular complexity index is 552. The molecule has 1 aromatic carbocycles. The Morgan fingerprint density at radius 3 is 2.72 bits per heavy atom. The number of pyridine rings is 1. The SMILES string of the molecule is CCC(=O)c1ccc(Oc2cccc(Cl)c2)cn1. The highest BCUT2D eigenvalue weighted by Crippen LogP contribution is 2.23. The zero-order valence-electron chi connectivity index (χ0n) is 9.89. The molecule has 0 fully saturated rings. The van der Waals surface area contributed by atoms with Gasteiger partial charge in [-0.3, -0.25) is 4.79 Å². The first kappa shape index (κ1) is 12.6. The lowest BCUT2D eigenvalue weighted by Crippen LogP contribution is -1.99. The molecular weight excluding hydrogens is 250 g/mol. The van der Waals surface area contributed by atoms with Crippen molar-refractivity contribution in [3.8, 4) is 11.5 Å². The van der Waals surface area contributed by atoms with Crippen LogP contribution in [0.1, 0.15) is 23.8 Å². The zero-order valence-corrected chi connectivity index (χ0v) is 10.6. The Morgan fingerprint density at radius 1 is 1.28 bits per heavy atom. The van der Waals surface area contributed by atoms with Gasteiger partial charge in [0.2, 0.25) is 0 Å². The minimum absolute atomic E-state index is 0.0179. The fourth-order valence-electron chi connectivity index (χ4n) is 1.45. The van der Waals surface area contributed by atoms with Gasteiger partial charge >= 0.3 is 0 Å². The fraction of sp³-hybridized carbons (Fsp3) is 0.143. The summed E-state index contributed by atoms with van der Waals surface area (Å²) < 4.78 is 5.57. The summed E-state index contributed by atoms with van der Waals surface area (Å²) in [4.78, 5) is 15.5. The van der Waals surface area contributed by atoms with Crippen LogP contribution in [-0.4, -0.2) is 10.8 Å². The average Bonchev–Trinajstić information content (AvgIpc) is 2.39. The topological polar surface area (TPSA) is 39.2 Å². The number of nitrogens with zero attached hydrogens (tertiary/aromatic N) is 1. The first-order valence-corrected chi connectivity index (χ1v) is 5.99. The maximum atomic E-state index is 11.4. The van der Waals surface area contributed by atoms with Gasteiger partial charge in [-0.1, -0.05) is 24.6 Å². The molecule has 1 heterocycles. The number of carbonyl (C=O) groups excluding carboxylic acids is 1. The van der Waals surface area contributed by atoms with E-state index in [1.54, 1.807) is 43.3 Å². The average molecular weight is 262 g/mol. The first-order chi connectivity index (χ1) is 8.69. The number of ether oxygens (including phenoxy) is 1. The van der Waals surface area contributed by atoms with Crippen LogP contribution in [0.5, 0.6) is 11.5 Å². The predicted molar refractivity (Wildman–Crippen MR) is 70.4 cm³/mol. The van der Waals surface area contributed by atoms with Crippen LogP contribution in [0.3, 0.4) is 0 Å². The molecule has 0 spiro atoms. The third kappa shape index (κ3) is 3.08. The highest BCUT2D eigenvalue weighted by atomic mass is 35.5. The van der Waals surface area contributed by atoms with E-state index in [4.69, 9.17) is 16.3 Å². The number of ketones is 1. The van der Waals surface area contributed by atoms with Crippen LogP contribution < -0.4 is 4.74 Å². The van der Waals surface area contributed by atoms with Crippen molar-refractivity contribution in [2.45, 2.75) is 13.3 Å². The summed E-state index contributed by atoms with van der Waals surface area (Å²) in [7, 11) is 0. The summed E-state index contributed by atoms with van der Waals surface area (Å²) in [6, 6.07) is 10.5. The number of halogens is 1. The minimum atomic E-state index is 0.0179. The van der Waals surface area contributed by atoms with Gasteiger partial charge in [0.1, 0.15) is 17.2 Å². The predicted octanol–water partition coefficient (Wildman–Crippen LogP) is 4.12. The van der Waals surface area contributed by atoms with Gasteiger partial charge in [0.05, 0.1) is 6.20 Å². The summed E-state index contributed by atoms with van der Waals surface area (Å²) in [6.45, 7) is 1.81. The molecule has 0 aliphatic carbocycles. The molecule has 0 saturated carbocycles. The molecule has 2 rings (SSSR count). The Balaban J connectivity index is 2.13. The van der Waals surface area contributed by atoms with Gasteiger partial charge in [-0.15, -0.1) is 0 Å². The molecule has 0 N–H and O–H groups in total. The van der Waals surface area contributed by atoms with E-state index in [0.717, 1.165) is 0 Å². The number of aromatic nitrogens is 1. The van der Waals surface area contributed by atoms with E-state index in [1.807, 2.05) is 0 Å². The molecule has 0 radical (unpaired) electrons. The summed E-state index contributed by atoms with van der Waals surface area (Å²) in [6.07, 6.45) is 1.98. The fourth-order valence-corrected chi connectivity index (χ4v) is 1.63. The number of benzene rings is 1. The van der Waals surface area contributed by atoms with Crippen molar-refractivity contribution < 1.29 is 9.53 Å². The second-order valence-corrected chi connectivity index (χ2v) is 4.15. The van der Waals surface area contributed by atoms with E-state index in [-0.39, 0.29) is 5.78 Å². The Labute approximate surface area is 110 Å². The van der Waals surface area contributed by atoms with Crippen molar-refractivity contribution in [3.05, 3.63) is 53.3 Å². The largest absolute Gasteiger partial charge is 0.456 e. The molecule has 0 amide bonds. The zero-order chi connectivity index (χ0) is 13.0. The van der Waals surface area contributed by atoms with E-state index in [9.17, 15) is 4.79 Å². The van der Waals surface area contributed by atoms with Crippen molar-refractivity contribution in [1.82, 2.24) is 4.98 Å². The number of rotatable bonds is 4.